The minimum absolute atomic E-state index is 0.0559. The number of rotatable bonds is 12. The molecule has 2 aromatic rings. The van der Waals surface area contributed by atoms with Gasteiger partial charge in [0.2, 0.25) is 0 Å². The number of nitrogens with zero attached hydrogens (tertiary/aromatic N) is 4. The van der Waals surface area contributed by atoms with Gasteiger partial charge < -0.3 is 41.1 Å². The van der Waals surface area contributed by atoms with Gasteiger partial charge in [0.05, 0.1) is 0 Å². The normalized spacial score (nSPS) is 29.1. The van der Waals surface area contributed by atoms with E-state index in [1.54, 1.807) is 19.1 Å². The highest BCUT2D eigenvalue weighted by molar-refractivity contribution is 5.83. The number of ether oxygens (including phenoxy) is 3. The number of nitrogens with one attached hydrogen (secondary N) is 2. The van der Waals surface area contributed by atoms with Crippen molar-refractivity contribution in [3.63, 3.8) is 0 Å². The van der Waals surface area contributed by atoms with E-state index < -0.39 is 66.7 Å². The van der Waals surface area contributed by atoms with Gasteiger partial charge in [0, 0.05) is 18.5 Å². The molecule has 0 unspecified atom stereocenters. The summed E-state index contributed by atoms with van der Waals surface area (Å²) in [5.74, 6) is -0.968. The molecule has 2 aliphatic heterocycles. The molecule has 0 spiro atoms. The van der Waals surface area contributed by atoms with Crippen molar-refractivity contribution in [2.45, 2.75) is 103 Å². The zero-order chi connectivity index (χ0) is 39.3. The van der Waals surface area contributed by atoms with Gasteiger partial charge in [-0.25, -0.2) is 14.4 Å². The summed E-state index contributed by atoms with van der Waals surface area (Å²) in [6.07, 6.45) is 5.05. The molecular weight excluding hydrogens is 704 g/mol. The Kier molecular flexibility index (Phi) is 12.8. The molecule has 292 valence electrons. The number of esters is 1. The molecule has 5 rings (SSSR count). The van der Waals surface area contributed by atoms with Gasteiger partial charge in [0.25, 0.3) is 0 Å². The standard InChI is InChI=1S/C36H48N8O10/c1-19(11-12-22-21(3)10-7-15-36(22,4)5)8-6-9-20(2)18-25(45)51-29-28(31(41-50)53-33(29)44-17-14-24(38)40-35(44)49)54-42-30-26(46)27(47)32(52-30)43-16-13-23(37)39-34(43)48/h6,8-9,11-14,16-18,26-33,41-42,46-47,50H,7,10,15H2,1-5H3,(H2,37,39,48)(H2,38,40,49)/t26-,27+,28-,29+,30-,31-,32+,33+/m0/s1. The van der Waals surface area contributed by atoms with Gasteiger partial charge in [-0.15, -0.1) is 0 Å². The molecule has 9 N–H and O–H groups in total. The largest absolute Gasteiger partial charge is 0.451 e. The van der Waals surface area contributed by atoms with Crippen LogP contribution in [0.15, 0.2) is 92.9 Å². The summed E-state index contributed by atoms with van der Waals surface area (Å²) in [7, 11) is 0. The van der Waals surface area contributed by atoms with E-state index in [0.29, 0.717) is 5.57 Å². The van der Waals surface area contributed by atoms with Gasteiger partial charge in [0.1, 0.15) is 23.8 Å². The first-order valence-corrected chi connectivity index (χ1v) is 17.4. The molecule has 8 atom stereocenters. The maximum Gasteiger partial charge on any atom is 0.351 e. The molecule has 2 aromatic heterocycles. The van der Waals surface area contributed by atoms with E-state index in [2.05, 4.69) is 48.4 Å². The molecule has 54 heavy (non-hydrogen) atoms. The fourth-order valence-corrected chi connectivity index (χ4v) is 6.63. The zero-order valence-electron chi connectivity index (χ0n) is 30.7. The van der Waals surface area contributed by atoms with Crippen LogP contribution in [0.2, 0.25) is 0 Å². The number of aliphatic hydroxyl groups is 2. The van der Waals surface area contributed by atoms with Crippen molar-refractivity contribution in [2.24, 2.45) is 5.41 Å². The Morgan fingerprint density at radius 3 is 2.20 bits per heavy atom. The van der Waals surface area contributed by atoms with Crippen LogP contribution in [0.3, 0.4) is 0 Å². The van der Waals surface area contributed by atoms with Crippen molar-refractivity contribution in [2.75, 3.05) is 11.5 Å². The second-order valence-electron chi connectivity index (χ2n) is 14.1. The van der Waals surface area contributed by atoms with E-state index >= 15 is 0 Å². The van der Waals surface area contributed by atoms with E-state index in [4.69, 9.17) is 30.5 Å². The lowest BCUT2D eigenvalue weighted by Gasteiger charge is -2.32. The fraction of sp³-hybridized carbons (Fsp3) is 0.472. The van der Waals surface area contributed by atoms with Crippen molar-refractivity contribution in [1.82, 2.24) is 30.1 Å². The number of nitrogen functional groups attached to an aromatic ring is 2. The van der Waals surface area contributed by atoms with Crippen LogP contribution in [0.5, 0.6) is 0 Å². The minimum atomic E-state index is -1.64. The Hall–Kier alpha value is -4.79. The topological polar surface area (TPSA) is 261 Å². The third-order valence-corrected chi connectivity index (χ3v) is 9.50. The summed E-state index contributed by atoms with van der Waals surface area (Å²) in [6.45, 7) is 10.4. The fourth-order valence-electron chi connectivity index (χ4n) is 6.63. The van der Waals surface area contributed by atoms with Crippen LogP contribution in [0.1, 0.15) is 66.3 Å². The van der Waals surface area contributed by atoms with Crippen LogP contribution < -0.4 is 33.8 Å². The third-order valence-electron chi connectivity index (χ3n) is 9.50. The molecule has 1 aliphatic carbocycles. The molecule has 0 amide bonds. The van der Waals surface area contributed by atoms with Crippen molar-refractivity contribution < 1.29 is 39.3 Å². The monoisotopic (exact) mass is 752 g/mol. The van der Waals surface area contributed by atoms with Gasteiger partial charge in [-0.3, -0.25) is 14.0 Å². The van der Waals surface area contributed by atoms with Crippen LogP contribution in [-0.4, -0.2) is 77.4 Å². The summed E-state index contributed by atoms with van der Waals surface area (Å²) < 4.78 is 19.2. The maximum absolute atomic E-state index is 13.3. The predicted molar refractivity (Wildman–Crippen MR) is 195 cm³/mol. The van der Waals surface area contributed by atoms with Crippen LogP contribution >= 0.6 is 0 Å². The summed E-state index contributed by atoms with van der Waals surface area (Å²) in [5.41, 5.74) is 18.3. The summed E-state index contributed by atoms with van der Waals surface area (Å²) >= 11 is 0. The summed E-state index contributed by atoms with van der Waals surface area (Å²) in [4.78, 5) is 51.5. The lowest BCUT2D eigenvalue weighted by atomic mass is 9.72. The summed E-state index contributed by atoms with van der Waals surface area (Å²) in [5, 5.41) is 31.3. The highest BCUT2D eigenvalue weighted by atomic mass is 16.7. The Labute approximate surface area is 311 Å². The van der Waals surface area contributed by atoms with Gasteiger partial charge in [-0.05, 0) is 68.7 Å². The van der Waals surface area contributed by atoms with E-state index in [-0.39, 0.29) is 17.1 Å². The molecule has 0 bridgehead atoms. The lowest BCUT2D eigenvalue weighted by Crippen LogP contribution is -2.50. The number of hydrogen-bond donors (Lipinski definition) is 7. The Bertz CT molecular complexity index is 1970. The number of hydroxylamine groups is 2. The second-order valence-corrected chi connectivity index (χ2v) is 14.1. The molecule has 0 saturated carbocycles. The number of hydrogen-bond acceptors (Lipinski definition) is 16. The molecule has 0 radical (unpaired) electrons. The highest BCUT2D eigenvalue weighted by Gasteiger charge is 2.51. The zero-order valence-corrected chi connectivity index (χ0v) is 30.7. The van der Waals surface area contributed by atoms with Crippen LogP contribution in [0.25, 0.3) is 0 Å². The Morgan fingerprint density at radius 1 is 0.963 bits per heavy atom. The van der Waals surface area contributed by atoms with Gasteiger partial charge in [-0.2, -0.15) is 20.9 Å². The average Bonchev–Trinajstić information content (AvgIpc) is 3.57. The van der Waals surface area contributed by atoms with E-state index in [0.717, 1.165) is 27.5 Å². The van der Waals surface area contributed by atoms with E-state index in [1.165, 1.54) is 48.2 Å². The van der Waals surface area contributed by atoms with E-state index in [9.17, 15) is 29.8 Å². The predicted octanol–water partition coefficient (Wildman–Crippen LogP) is 1.41. The van der Waals surface area contributed by atoms with Crippen molar-refractivity contribution >= 4 is 17.6 Å². The van der Waals surface area contributed by atoms with Crippen LogP contribution in [0, 0.1) is 5.41 Å². The number of aliphatic hydroxyl groups excluding tert-OH is 2. The Morgan fingerprint density at radius 2 is 1.59 bits per heavy atom. The molecule has 2 fully saturated rings. The van der Waals surface area contributed by atoms with Crippen molar-refractivity contribution in [3.8, 4) is 0 Å². The first-order valence-electron chi connectivity index (χ1n) is 17.4. The summed E-state index contributed by atoms with van der Waals surface area (Å²) in [6, 6.07) is 2.63. The van der Waals surface area contributed by atoms with E-state index in [1.807, 2.05) is 18.5 Å². The molecule has 3 aliphatic rings. The van der Waals surface area contributed by atoms with Crippen molar-refractivity contribution in [1.29, 1.82) is 0 Å². The average molecular weight is 753 g/mol. The quantitative estimate of drug-likeness (QED) is 0.0700. The number of anilines is 2. The SMILES string of the molecule is CC(C=CC1=C(C)CCCC1(C)C)=CC=CC(C)=CC(=O)O[C@@H]1[C@H](ON[C@H]2O[C@@H](n3ccc(N)nc3=O)[C@H](O)[C@@H]2O)[C@@H](NO)O[C@H]1n1ccc(N)nc1=O. The van der Waals surface area contributed by atoms with Crippen LogP contribution in [0.4, 0.5) is 11.6 Å². The molecule has 2 saturated heterocycles. The number of nitrogens with two attached hydrogens (primary N) is 2. The highest BCUT2D eigenvalue weighted by Crippen LogP contribution is 2.41. The smallest absolute Gasteiger partial charge is 0.351 e. The number of carbonyl (C=O) groups is 1. The Balaban J connectivity index is 1.32. The van der Waals surface area contributed by atoms with Gasteiger partial charge in [0.15, 0.2) is 37.1 Å². The first-order chi connectivity index (χ1) is 25.6. The number of aromatic nitrogens is 4. The third kappa shape index (κ3) is 9.28. The lowest BCUT2D eigenvalue weighted by molar-refractivity contribution is -0.187. The molecular formula is C36H48N8O10. The second kappa shape index (κ2) is 17.1. The first kappa shape index (κ1) is 40.4. The minimum Gasteiger partial charge on any atom is -0.451 e. The molecule has 0 aromatic carbocycles. The number of allylic oxidation sites excluding steroid dienone is 9. The number of carbonyl (C=O) groups excluding carboxylic acids is 1. The van der Waals surface area contributed by atoms with Gasteiger partial charge >= 0.3 is 17.3 Å². The van der Waals surface area contributed by atoms with Crippen LogP contribution in [-0.2, 0) is 23.8 Å². The molecule has 4 heterocycles. The van der Waals surface area contributed by atoms with Gasteiger partial charge in [-0.1, -0.05) is 55.4 Å². The molecule has 18 heteroatoms. The van der Waals surface area contributed by atoms with Crippen molar-refractivity contribution in [3.05, 3.63) is 104 Å². The molecule has 18 nitrogen and oxygen atoms in total. The maximum atomic E-state index is 13.3.